The molecule has 0 amide bonds. The smallest absolute Gasteiger partial charge is 0.222 e. The molecule has 1 aromatic heterocycles. The summed E-state index contributed by atoms with van der Waals surface area (Å²) in [5.74, 6) is 0.794. The Bertz CT molecular complexity index is 534. The minimum absolute atomic E-state index is 0.353. The predicted octanol–water partition coefficient (Wildman–Crippen LogP) is 3.78. The molecule has 0 bridgehead atoms. The van der Waals surface area contributed by atoms with E-state index in [1.54, 1.807) is 30.3 Å². The van der Waals surface area contributed by atoms with Crippen molar-refractivity contribution in [3.05, 3.63) is 46.7 Å². The summed E-state index contributed by atoms with van der Waals surface area (Å²) in [6.45, 7) is 0. The maximum Gasteiger partial charge on any atom is 0.222 e. The summed E-state index contributed by atoms with van der Waals surface area (Å²) in [7, 11) is 1.52. The number of nitrogens with zero attached hydrogens (tertiary/aromatic N) is 1. The molecule has 0 saturated carbocycles. The van der Waals surface area contributed by atoms with E-state index in [1.165, 1.54) is 13.2 Å². The molecular formula is C12H9BrFNO2. The molecule has 0 unspecified atom stereocenters. The summed E-state index contributed by atoms with van der Waals surface area (Å²) in [5.41, 5.74) is 0. The van der Waals surface area contributed by atoms with Crippen LogP contribution in [0.15, 0.2) is 40.9 Å². The van der Waals surface area contributed by atoms with Gasteiger partial charge in [0, 0.05) is 18.2 Å². The van der Waals surface area contributed by atoms with Crippen molar-refractivity contribution in [2.45, 2.75) is 0 Å². The maximum atomic E-state index is 13.3. The lowest BCUT2D eigenvalue weighted by Crippen LogP contribution is -1.91. The molecule has 0 aliphatic heterocycles. The lowest BCUT2D eigenvalue weighted by atomic mass is 10.3. The van der Waals surface area contributed by atoms with E-state index in [0.717, 1.165) is 0 Å². The Morgan fingerprint density at radius 2 is 1.94 bits per heavy atom. The van der Waals surface area contributed by atoms with Crippen LogP contribution >= 0.6 is 15.9 Å². The van der Waals surface area contributed by atoms with Crippen LogP contribution in [0.4, 0.5) is 4.39 Å². The monoisotopic (exact) mass is 297 g/mol. The number of methoxy groups -OCH3 is 1. The highest BCUT2D eigenvalue weighted by molar-refractivity contribution is 9.10. The first-order valence-electron chi connectivity index (χ1n) is 4.83. The highest BCUT2D eigenvalue weighted by atomic mass is 79.9. The number of pyridine rings is 1. The fourth-order valence-corrected chi connectivity index (χ4v) is 1.47. The molecular weight excluding hydrogens is 289 g/mol. The topological polar surface area (TPSA) is 31.4 Å². The summed E-state index contributed by atoms with van der Waals surface area (Å²) in [6, 6.07) is 9.62. The van der Waals surface area contributed by atoms with Gasteiger partial charge in [0.2, 0.25) is 11.8 Å². The molecule has 88 valence electrons. The van der Waals surface area contributed by atoms with Crippen molar-refractivity contribution in [3.8, 4) is 17.5 Å². The number of hydrogen-bond acceptors (Lipinski definition) is 3. The molecule has 0 radical (unpaired) electrons. The summed E-state index contributed by atoms with van der Waals surface area (Å²) < 4.78 is 24.0. The lowest BCUT2D eigenvalue weighted by molar-refractivity contribution is 0.383. The van der Waals surface area contributed by atoms with E-state index in [2.05, 4.69) is 20.9 Å². The van der Waals surface area contributed by atoms with Gasteiger partial charge in [0.15, 0.2) is 0 Å². The van der Waals surface area contributed by atoms with Crippen molar-refractivity contribution in [3.63, 3.8) is 0 Å². The Morgan fingerprint density at radius 3 is 2.65 bits per heavy atom. The Kier molecular flexibility index (Phi) is 3.58. The van der Waals surface area contributed by atoms with Gasteiger partial charge in [-0.2, -0.15) is 4.98 Å². The molecule has 0 fully saturated rings. The van der Waals surface area contributed by atoms with Crippen LogP contribution in [0.2, 0.25) is 0 Å². The fraction of sp³-hybridized carbons (Fsp3) is 0.0833. The van der Waals surface area contributed by atoms with Crippen LogP contribution in [0, 0.1) is 5.82 Å². The van der Waals surface area contributed by atoms with Crippen molar-refractivity contribution in [1.29, 1.82) is 0 Å². The zero-order chi connectivity index (χ0) is 12.3. The molecule has 5 heteroatoms. The third-order valence-electron chi connectivity index (χ3n) is 2.02. The maximum absolute atomic E-state index is 13.3. The molecule has 0 spiro atoms. The molecule has 0 saturated heterocycles. The fourth-order valence-electron chi connectivity index (χ4n) is 1.23. The van der Waals surface area contributed by atoms with Crippen LogP contribution in [-0.2, 0) is 0 Å². The minimum Gasteiger partial charge on any atom is -0.481 e. The lowest BCUT2D eigenvalue weighted by Gasteiger charge is -2.06. The van der Waals surface area contributed by atoms with Crippen molar-refractivity contribution < 1.29 is 13.9 Å². The van der Waals surface area contributed by atoms with E-state index in [1.807, 2.05) is 0 Å². The Morgan fingerprint density at radius 1 is 1.18 bits per heavy atom. The molecule has 0 aliphatic carbocycles. The third kappa shape index (κ3) is 2.94. The second-order valence-corrected chi connectivity index (χ2v) is 4.05. The Balaban J connectivity index is 2.22. The van der Waals surface area contributed by atoms with Crippen molar-refractivity contribution in [2.75, 3.05) is 7.11 Å². The highest BCUT2D eigenvalue weighted by Crippen LogP contribution is 2.25. The quantitative estimate of drug-likeness (QED) is 0.864. The Hall–Kier alpha value is -1.62. The number of ether oxygens (including phenoxy) is 2. The van der Waals surface area contributed by atoms with Gasteiger partial charge >= 0.3 is 0 Å². The van der Waals surface area contributed by atoms with E-state index >= 15 is 0 Å². The van der Waals surface area contributed by atoms with Crippen LogP contribution < -0.4 is 9.47 Å². The second-order valence-electron chi connectivity index (χ2n) is 3.20. The zero-order valence-electron chi connectivity index (χ0n) is 8.98. The molecule has 0 aliphatic rings. The largest absolute Gasteiger partial charge is 0.481 e. The number of halogens is 2. The van der Waals surface area contributed by atoms with Gasteiger partial charge < -0.3 is 9.47 Å². The molecule has 1 heterocycles. The SMILES string of the molecule is COc1cccc(Oc2ccc(Br)c(F)c2)n1. The first-order valence-corrected chi connectivity index (χ1v) is 5.62. The van der Waals surface area contributed by atoms with E-state index in [4.69, 9.17) is 9.47 Å². The molecule has 2 rings (SSSR count). The van der Waals surface area contributed by atoms with Crippen LogP contribution in [0.1, 0.15) is 0 Å². The summed E-state index contributed by atoms with van der Waals surface area (Å²) in [5, 5.41) is 0. The summed E-state index contributed by atoms with van der Waals surface area (Å²) in [4.78, 5) is 4.06. The second kappa shape index (κ2) is 5.14. The third-order valence-corrected chi connectivity index (χ3v) is 2.66. The summed E-state index contributed by atoms with van der Waals surface area (Å²) >= 11 is 3.07. The molecule has 2 aromatic rings. The van der Waals surface area contributed by atoms with Crippen molar-refractivity contribution in [1.82, 2.24) is 4.98 Å². The molecule has 1 aromatic carbocycles. The van der Waals surface area contributed by atoms with Gasteiger partial charge in [0.05, 0.1) is 11.6 Å². The number of benzene rings is 1. The van der Waals surface area contributed by atoms with E-state index < -0.39 is 0 Å². The molecule has 0 N–H and O–H groups in total. The standard InChI is InChI=1S/C12H9BrFNO2/c1-16-11-3-2-4-12(15-11)17-8-5-6-9(13)10(14)7-8/h2-7H,1H3. The van der Waals surface area contributed by atoms with Gasteiger partial charge in [-0.1, -0.05) is 6.07 Å². The van der Waals surface area contributed by atoms with Gasteiger partial charge in [0.1, 0.15) is 11.6 Å². The van der Waals surface area contributed by atoms with E-state index in [0.29, 0.717) is 22.0 Å². The van der Waals surface area contributed by atoms with Gasteiger partial charge in [-0.25, -0.2) is 4.39 Å². The van der Waals surface area contributed by atoms with Crippen LogP contribution in [0.5, 0.6) is 17.5 Å². The van der Waals surface area contributed by atoms with Gasteiger partial charge in [-0.05, 0) is 28.1 Å². The normalized spacial score (nSPS) is 10.1. The van der Waals surface area contributed by atoms with Gasteiger partial charge in [-0.3, -0.25) is 0 Å². The predicted molar refractivity (Wildman–Crippen MR) is 65.0 cm³/mol. The summed E-state index contributed by atoms with van der Waals surface area (Å²) in [6.07, 6.45) is 0. The highest BCUT2D eigenvalue weighted by Gasteiger charge is 2.04. The minimum atomic E-state index is -0.384. The van der Waals surface area contributed by atoms with Crippen LogP contribution in [-0.4, -0.2) is 12.1 Å². The van der Waals surface area contributed by atoms with E-state index in [9.17, 15) is 4.39 Å². The Labute approximate surface area is 106 Å². The average Bonchev–Trinajstić information content (AvgIpc) is 2.34. The number of hydrogen-bond donors (Lipinski definition) is 0. The molecule has 0 atom stereocenters. The van der Waals surface area contributed by atoms with E-state index in [-0.39, 0.29) is 5.82 Å². The van der Waals surface area contributed by atoms with Crippen molar-refractivity contribution >= 4 is 15.9 Å². The molecule has 17 heavy (non-hydrogen) atoms. The zero-order valence-corrected chi connectivity index (χ0v) is 10.6. The first-order chi connectivity index (χ1) is 8.19. The van der Waals surface area contributed by atoms with Crippen LogP contribution in [0.3, 0.4) is 0 Å². The number of aromatic nitrogens is 1. The van der Waals surface area contributed by atoms with Gasteiger partial charge in [-0.15, -0.1) is 0 Å². The average molecular weight is 298 g/mol. The van der Waals surface area contributed by atoms with Gasteiger partial charge in [0.25, 0.3) is 0 Å². The van der Waals surface area contributed by atoms with Crippen LogP contribution in [0.25, 0.3) is 0 Å². The first kappa shape index (κ1) is 11.9. The number of rotatable bonds is 3. The molecule has 3 nitrogen and oxygen atoms in total. The van der Waals surface area contributed by atoms with Crippen molar-refractivity contribution in [2.24, 2.45) is 0 Å².